The summed E-state index contributed by atoms with van der Waals surface area (Å²) in [4.78, 5) is 6.04. The smallest absolute Gasteiger partial charge is 0.108 e. The normalized spacial score (nSPS) is 28.3. The van der Waals surface area contributed by atoms with E-state index in [-0.39, 0.29) is 6.23 Å². The van der Waals surface area contributed by atoms with E-state index >= 15 is 0 Å². The van der Waals surface area contributed by atoms with Gasteiger partial charge in [-0.05, 0) is 25.0 Å². The minimum atomic E-state index is 0.263. The van der Waals surface area contributed by atoms with Crippen LogP contribution in [0.5, 0.6) is 0 Å². The highest BCUT2D eigenvalue weighted by atomic mass is 16.5. The number of nitrogens with zero attached hydrogens (tertiary/aromatic N) is 1. The number of hydrogen-bond donors (Lipinski definition) is 1. The van der Waals surface area contributed by atoms with Crippen molar-refractivity contribution in [3.63, 3.8) is 0 Å². The largest absolute Gasteiger partial charge is 0.361 e. The van der Waals surface area contributed by atoms with Gasteiger partial charge in [-0.25, -0.2) is 0 Å². The SMILES string of the molecule is CC1OCC2c3[nH]c4ccccc4c3CCN12. The maximum Gasteiger partial charge on any atom is 0.108 e. The Hall–Kier alpha value is -1.32. The van der Waals surface area contributed by atoms with Crippen LogP contribution in [0.25, 0.3) is 10.9 Å². The molecule has 2 aliphatic heterocycles. The fraction of sp³-hybridized carbons (Fsp3) is 0.429. The van der Waals surface area contributed by atoms with E-state index in [9.17, 15) is 0 Å². The number of nitrogens with one attached hydrogen (secondary N) is 1. The van der Waals surface area contributed by atoms with Gasteiger partial charge < -0.3 is 9.72 Å². The molecule has 1 aromatic carbocycles. The standard InChI is InChI=1S/C14H16N2O/c1-9-16-7-6-11-10-4-2-3-5-12(10)15-14(11)13(16)8-17-9/h2-5,9,13,15H,6-8H2,1H3. The molecule has 0 spiro atoms. The fourth-order valence-electron chi connectivity index (χ4n) is 3.28. The predicted octanol–water partition coefficient (Wildman–Crippen LogP) is 2.44. The van der Waals surface area contributed by atoms with Crippen molar-refractivity contribution in [1.82, 2.24) is 9.88 Å². The highest BCUT2D eigenvalue weighted by Crippen LogP contribution is 2.38. The molecule has 3 heteroatoms. The van der Waals surface area contributed by atoms with Gasteiger partial charge in [-0.3, -0.25) is 4.90 Å². The molecule has 2 unspecified atom stereocenters. The molecule has 0 amide bonds. The molecule has 2 atom stereocenters. The van der Waals surface area contributed by atoms with E-state index in [1.807, 2.05) is 0 Å². The van der Waals surface area contributed by atoms with E-state index in [4.69, 9.17) is 4.74 Å². The third kappa shape index (κ3) is 1.24. The molecule has 2 aromatic rings. The van der Waals surface area contributed by atoms with E-state index in [2.05, 4.69) is 41.1 Å². The van der Waals surface area contributed by atoms with E-state index in [1.165, 1.54) is 22.2 Å². The van der Waals surface area contributed by atoms with Gasteiger partial charge in [0.1, 0.15) is 6.23 Å². The molecular weight excluding hydrogens is 212 g/mol. The summed E-state index contributed by atoms with van der Waals surface area (Å²) in [5.74, 6) is 0. The number of H-pyrrole nitrogens is 1. The van der Waals surface area contributed by atoms with Crippen molar-refractivity contribution in [3.8, 4) is 0 Å². The highest BCUT2D eigenvalue weighted by Gasteiger charge is 2.38. The van der Waals surface area contributed by atoms with E-state index in [0.29, 0.717) is 6.04 Å². The van der Waals surface area contributed by atoms with E-state index < -0.39 is 0 Å². The minimum Gasteiger partial charge on any atom is -0.361 e. The topological polar surface area (TPSA) is 28.3 Å². The maximum atomic E-state index is 5.76. The third-order valence-corrected chi connectivity index (χ3v) is 4.16. The molecule has 17 heavy (non-hydrogen) atoms. The molecule has 0 saturated carbocycles. The van der Waals surface area contributed by atoms with Crippen molar-refractivity contribution in [1.29, 1.82) is 0 Å². The Balaban J connectivity index is 1.91. The van der Waals surface area contributed by atoms with Gasteiger partial charge in [0, 0.05) is 23.1 Å². The summed E-state index contributed by atoms with van der Waals surface area (Å²) in [5.41, 5.74) is 4.14. The molecule has 3 nitrogen and oxygen atoms in total. The van der Waals surface area contributed by atoms with Gasteiger partial charge in [-0.15, -0.1) is 0 Å². The van der Waals surface area contributed by atoms with Crippen LogP contribution >= 0.6 is 0 Å². The molecule has 1 fully saturated rings. The Bertz CT molecular complexity index is 575. The first-order chi connectivity index (χ1) is 8.34. The fourth-order valence-corrected chi connectivity index (χ4v) is 3.28. The lowest BCUT2D eigenvalue weighted by Crippen LogP contribution is -2.36. The van der Waals surface area contributed by atoms with E-state index in [1.54, 1.807) is 0 Å². The van der Waals surface area contributed by atoms with E-state index in [0.717, 1.165) is 19.6 Å². The first kappa shape index (κ1) is 9.68. The number of aromatic amines is 1. The zero-order valence-electron chi connectivity index (χ0n) is 9.94. The van der Waals surface area contributed by atoms with Crippen LogP contribution in [-0.4, -0.2) is 29.3 Å². The first-order valence-corrected chi connectivity index (χ1v) is 6.31. The lowest BCUT2D eigenvalue weighted by Gasteiger charge is -2.30. The summed E-state index contributed by atoms with van der Waals surface area (Å²) in [6.07, 6.45) is 1.39. The molecule has 2 aliphatic rings. The van der Waals surface area contributed by atoms with Crippen molar-refractivity contribution >= 4 is 10.9 Å². The zero-order valence-corrected chi connectivity index (χ0v) is 9.94. The number of aromatic nitrogens is 1. The van der Waals surface area contributed by atoms with Crippen LogP contribution < -0.4 is 0 Å². The number of hydrogen-bond acceptors (Lipinski definition) is 2. The van der Waals surface area contributed by atoms with Crippen LogP contribution in [0.3, 0.4) is 0 Å². The van der Waals surface area contributed by atoms with Gasteiger partial charge in [0.2, 0.25) is 0 Å². The van der Waals surface area contributed by atoms with Gasteiger partial charge in [0.25, 0.3) is 0 Å². The third-order valence-electron chi connectivity index (χ3n) is 4.16. The minimum absolute atomic E-state index is 0.263. The number of para-hydroxylation sites is 1. The summed E-state index contributed by atoms with van der Waals surface area (Å²) >= 11 is 0. The van der Waals surface area contributed by atoms with Gasteiger partial charge in [-0.1, -0.05) is 18.2 Å². The second-order valence-electron chi connectivity index (χ2n) is 5.00. The number of benzene rings is 1. The molecular formula is C14H16N2O. The number of rotatable bonds is 0. The van der Waals surface area contributed by atoms with Crippen molar-refractivity contribution in [3.05, 3.63) is 35.5 Å². The second-order valence-corrected chi connectivity index (χ2v) is 5.00. The summed E-state index contributed by atoms with van der Waals surface area (Å²) in [5, 5.41) is 1.39. The van der Waals surface area contributed by atoms with Crippen LogP contribution in [0.2, 0.25) is 0 Å². The predicted molar refractivity (Wildman–Crippen MR) is 66.9 cm³/mol. The van der Waals surface area contributed by atoms with Gasteiger partial charge in [0.15, 0.2) is 0 Å². The molecule has 0 bridgehead atoms. The Morgan fingerprint density at radius 1 is 1.35 bits per heavy atom. The number of fused-ring (bicyclic) bond motifs is 5. The molecule has 1 saturated heterocycles. The number of ether oxygens (including phenoxy) is 1. The van der Waals surface area contributed by atoms with Crippen LogP contribution in [-0.2, 0) is 11.2 Å². The molecule has 3 heterocycles. The quantitative estimate of drug-likeness (QED) is 0.750. The van der Waals surface area contributed by atoms with Crippen molar-refractivity contribution in [2.45, 2.75) is 25.6 Å². The average molecular weight is 228 g/mol. The van der Waals surface area contributed by atoms with Gasteiger partial charge >= 0.3 is 0 Å². The summed E-state index contributed by atoms with van der Waals surface area (Å²) in [7, 11) is 0. The average Bonchev–Trinajstić information content (AvgIpc) is 2.90. The Kier molecular flexibility index (Phi) is 1.90. The van der Waals surface area contributed by atoms with Gasteiger partial charge in [0.05, 0.1) is 12.6 Å². The molecule has 88 valence electrons. The molecule has 0 aliphatic carbocycles. The van der Waals surface area contributed by atoms with Crippen LogP contribution in [0.15, 0.2) is 24.3 Å². The highest BCUT2D eigenvalue weighted by molar-refractivity contribution is 5.85. The molecule has 4 rings (SSSR count). The lowest BCUT2D eigenvalue weighted by molar-refractivity contribution is 0.0451. The zero-order chi connectivity index (χ0) is 11.4. The van der Waals surface area contributed by atoms with Crippen molar-refractivity contribution in [2.75, 3.05) is 13.2 Å². The Labute approximate surface area is 100 Å². The molecule has 1 aromatic heterocycles. The summed E-state index contributed by atoms with van der Waals surface area (Å²) in [6.45, 7) is 4.08. The van der Waals surface area contributed by atoms with Crippen molar-refractivity contribution < 1.29 is 4.74 Å². The monoisotopic (exact) mass is 228 g/mol. The van der Waals surface area contributed by atoms with Crippen LogP contribution in [0.4, 0.5) is 0 Å². The summed E-state index contributed by atoms with van der Waals surface area (Å²) < 4.78 is 5.76. The summed E-state index contributed by atoms with van der Waals surface area (Å²) in [6, 6.07) is 9.03. The maximum absolute atomic E-state index is 5.76. The second kappa shape index (κ2) is 3.34. The van der Waals surface area contributed by atoms with Crippen LogP contribution in [0.1, 0.15) is 24.2 Å². The molecule has 1 N–H and O–H groups in total. The lowest BCUT2D eigenvalue weighted by atomic mass is 9.98. The van der Waals surface area contributed by atoms with Gasteiger partial charge in [-0.2, -0.15) is 0 Å². The Morgan fingerprint density at radius 2 is 2.24 bits per heavy atom. The Morgan fingerprint density at radius 3 is 3.18 bits per heavy atom. The van der Waals surface area contributed by atoms with Crippen molar-refractivity contribution in [2.24, 2.45) is 0 Å². The van der Waals surface area contributed by atoms with Crippen LogP contribution in [0, 0.1) is 0 Å². The first-order valence-electron chi connectivity index (χ1n) is 6.31. The molecule has 0 radical (unpaired) electrons.